The first-order valence-electron chi connectivity index (χ1n) is 7.92. The molecule has 0 N–H and O–H groups in total. The SMILES string of the molecule is C[C@H]1[C@H]([B-][n+]2ccc(N(C)C)cc2)C[C@@H]2C[C@H]1C2(C)C. The molecule has 0 spiro atoms. The van der Waals surface area contributed by atoms with Crippen LogP contribution in [0, 0.1) is 23.2 Å². The summed E-state index contributed by atoms with van der Waals surface area (Å²) in [6.45, 7) is 7.40. The standard InChI is InChI=1S/C17H27BN2/c1-12-15-10-13(17(15,2)3)11-16(12)18-20-8-6-14(7-9-20)19(4)5/h6-9,12-13,15-16H,10-11H2,1-5H3/t12-,13+,15-,16-/m1/s1. The molecule has 0 unspecified atom stereocenters. The van der Waals surface area contributed by atoms with Crippen LogP contribution in [-0.4, -0.2) is 21.5 Å². The van der Waals surface area contributed by atoms with E-state index in [1.165, 1.54) is 18.5 Å². The molecule has 3 aliphatic rings. The van der Waals surface area contributed by atoms with Gasteiger partial charge in [0, 0.05) is 31.9 Å². The highest BCUT2D eigenvalue weighted by Crippen LogP contribution is 2.64. The van der Waals surface area contributed by atoms with Gasteiger partial charge in [-0.3, -0.25) is 0 Å². The Labute approximate surface area is 124 Å². The molecule has 20 heavy (non-hydrogen) atoms. The summed E-state index contributed by atoms with van der Waals surface area (Å²) in [5.74, 6) is 3.41. The van der Waals surface area contributed by atoms with Gasteiger partial charge in [0.05, 0.1) is 7.41 Å². The largest absolute Gasteiger partial charge is 0.478 e. The lowest BCUT2D eigenvalue weighted by Crippen LogP contribution is -2.57. The summed E-state index contributed by atoms with van der Waals surface area (Å²) in [6, 6.07) is 4.38. The van der Waals surface area contributed by atoms with E-state index in [0.29, 0.717) is 5.41 Å². The van der Waals surface area contributed by atoms with Crippen molar-refractivity contribution in [3.63, 3.8) is 0 Å². The third-order valence-electron chi connectivity index (χ3n) is 6.13. The topological polar surface area (TPSA) is 7.12 Å². The average Bonchev–Trinajstić information content (AvgIpc) is 2.41. The normalized spacial score (nSPS) is 34.5. The third-order valence-corrected chi connectivity index (χ3v) is 6.13. The van der Waals surface area contributed by atoms with Gasteiger partial charge in [-0.25, -0.2) is 0 Å². The highest BCUT2D eigenvalue weighted by atomic mass is 15.1. The summed E-state index contributed by atoms with van der Waals surface area (Å²) in [4.78, 5) is 2.14. The number of rotatable bonds is 3. The lowest BCUT2D eigenvalue weighted by Gasteiger charge is -2.64. The second-order valence-corrected chi connectivity index (χ2v) is 7.67. The zero-order valence-electron chi connectivity index (χ0n) is 13.5. The fourth-order valence-corrected chi connectivity index (χ4v) is 4.44. The van der Waals surface area contributed by atoms with Gasteiger partial charge in [0.25, 0.3) is 0 Å². The van der Waals surface area contributed by atoms with E-state index in [1.807, 2.05) is 0 Å². The maximum atomic E-state index is 2.47. The van der Waals surface area contributed by atoms with E-state index >= 15 is 0 Å². The van der Waals surface area contributed by atoms with Crippen molar-refractivity contribution in [1.29, 1.82) is 0 Å². The van der Waals surface area contributed by atoms with Gasteiger partial charge in [-0.15, -0.1) is 5.82 Å². The Morgan fingerprint density at radius 1 is 1.20 bits per heavy atom. The number of nitrogens with zero attached hydrogens (tertiary/aromatic N) is 2. The number of fused-ring (bicyclic) bond motifs is 2. The Balaban J connectivity index is 1.67. The molecule has 3 saturated carbocycles. The molecule has 1 aromatic heterocycles. The Bertz CT molecular complexity index is 480. The lowest BCUT2D eigenvalue weighted by molar-refractivity contribution is -0.531. The first-order chi connectivity index (χ1) is 9.39. The summed E-state index contributed by atoms with van der Waals surface area (Å²) < 4.78 is 2.26. The first kappa shape index (κ1) is 14.0. The van der Waals surface area contributed by atoms with Crippen LogP contribution in [0.2, 0.25) is 5.82 Å². The molecule has 1 aromatic rings. The van der Waals surface area contributed by atoms with Crippen molar-refractivity contribution in [3.8, 4) is 0 Å². The van der Waals surface area contributed by atoms with Crippen molar-refractivity contribution in [2.45, 2.75) is 39.4 Å². The van der Waals surface area contributed by atoms with Gasteiger partial charge in [-0.1, -0.05) is 33.1 Å². The summed E-state index contributed by atoms with van der Waals surface area (Å²) in [6.07, 6.45) is 7.21. The fraction of sp³-hybridized carbons (Fsp3) is 0.706. The van der Waals surface area contributed by atoms with Gasteiger partial charge in [0.2, 0.25) is 0 Å². The summed E-state index contributed by atoms with van der Waals surface area (Å²) in [7, 11) is 6.61. The number of aromatic nitrogens is 1. The van der Waals surface area contributed by atoms with Gasteiger partial charge in [0.1, 0.15) is 12.4 Å². The quantitative estimate of drug-likeness (QED) is 0.766. The molecule has 0 aromatic carbocycles. The molecule has 3 heteroatoms. The van der Waals surface area contributed by atoms with Crippen LogP contribution in [0.4, 0.5) is 5.69 Å². The smallest absolute Gasteiger partial charge is 0.113 e. The van der Waals surface area contributed by atoms with Crippen LogP contribution in [0.15, 0.2) is 24.5 Å². The number of pyridine rings is 1. The Morgan fingerprint density at radius 2 is 1.85 bits per heavy atom. The van der Waals surface area contributed by atoms with E-state index in [0.717, 1.165) is 23.6 Å². The van der Waals surface area contributed by atoms with E-state index in [2.05, 4.69) is 76.2 Å². The van der Waals surface area contributed by atoms with E-state index < -0.39 is 0 Å². The highest BCUT2D eigenvalue weighted by molar-refractivity contribution is 6.27. The molecule has 3 aliphatic carbocycles. The molecule has 0 aliphatic heterocycles. The fourth-order valence-electron chi connectivity index (χ4n) is 4.44. The van der Waals surface area contributed by atoms with Gasteiger partial charge in [0.15, 0.2) is 0 Å². The molecular weight excluding hydrogens is 243 g/mol. The van der Waals surface area contributed by atoms with Crippen LogP contribution in [0.25, 0.3) is 0 Å². The summed E-state index contributed by atoms with van der Waals surface area (Å²) in [5.41, 5.74) is 1.85. The molecule has 2 nitrogen and oxygen atoms in total. The second kappa shape index (κ2) is 4.78. The van der Waals surface area contributed by atoms with E-state index in [-0.39, 0.29) is 0 Å². The zero-order valence-corrected chi connectivity index (χ0v) is 13.5. The molecule has 108 valence electrons. The molecule has 4 rings (SSSR count). The van der Waals surface area contributed by atoms with Crippen molar-refractivity contribution in [3.05, 3.63) is 24.5 Å². The maximum absolute atomic E-state index is 2.47. The molecule has 2 radical (unpaired) electrons. The van der Waals surface area contributed by atoms with Crippen LogP contribution >= 0.6 is 0 Å². The highest BCUT2D eigenvalue weighted by Gasteiger charge is 2.54. The zero-order chi connectivity index (χ0) is 14.5. The van der Waals surface area contributed by atoms with Crippen LogP contribution in [0.3, 0.4) is 0 Å². The number of hydrogen-bond donors (Lipinski definition) is 0. The average molecular weight is 270 g/mol. The predicted molar refractivity (Wildman–Crippen MR) is 85.0 cm³/mol. The van der Waals surface area contributed by atoms with Gasteiger partial charge < -0.3 is 9.38 Å². The number of anilines is 1. The van der Waals surface area contributed by atoms with Crippen LogP contribution in [0.1, 0.15) is 33.6 Å². The Morgan fingerprint density at radius 3 is 2.35 bits per heavy atom. The van der Waals surface area contributed by atoms with Crippen LogP contribution in [0.5, 0.6) is 0 Å². The van der Waals surface area contributed by atoms with E-state index in [1.54, 1.807) is 0 Å². The van der Waals surface area contributed by atoms with Crippen molar-refractivity contribution < 1.29 is 4.48 Å². The van der Waals surface area contributed by atoms with Crippen molar-refractivity contribution in [1.82, 2.24) is 0 Å². The monoisotopic (exact) mass is 270 g/mol. The van der Waals surface area contributed by atoms with Crippen LogP contribution < -0.4 is 9.38 Å². The lowest BCUT2D eigenvalue weighted by atomic mass is 9.39. The minimum absolute atomic E-state index is 0.587. The van der Waals surface area contributed by atoms with E-state index in [4.69, 9.17) is 0 Å². The molecule has 0 amide bonds. The van der Waals surface area contributed by atoms with Crippen molar-refractivity contribution >= 4 is 13.1 Å². The van der Waals surface area contributed by atoms with Gasteiger partial charge in [-0.05, 0) is 23.7 Å². The third kappa shape index (κ3) is 2.15. The predicted octanol–water partition coefficient (Wildman–Crippen LogP) is 3.00. The Kier molecular flexibility index (Phi) is 3.34. The minimum atomic E-state index is 0.587. The molecule has 2 bridgehead atoms. The molecular formula is C17H27BN2. The minimum Gasteiger partial charge on any atom is -0.478 e. The molecule has 4 atom stereocenters. The van der Waals surface area contributed by atoms with Crippen molar-refractivity contribution in [2.75, 3.05) is 19.0 Å². The number of hydrogen-bond acceptors (Lipinski definition) is 1. The molecule has 1 heterocycles. The summed E-state index contributed by atoms with van der Waals surface area (Å²) in [5, 5.41) is 0. The maximum Gasteiger partial charge on any atom is 0.113 e. The van der Waals surface area contributed by atoms with Gasteiger partial charge >= 0.3 is 0 Å². The second-order valence-electron chi connectivity index (χ2n) is 7.67. The van der Waals surface area contributed by atoms with Crippen LogP contribution in [-0.2, 0) is 0 Å². The van der Waals surface area contributed by atoms with Gasteiger partial charge in [-0.2, -0.15) is 0 Å². The molecule has 3 fully saturated rings. The van der Waals surface area contributed by atoms with E-state index in [9.17, 15) is 0 Å². The molecule has 0 saturated heterocycles. The Hall–Kier alpha value is -0.985. The first-order valence-corrected chi connectivity index (χ1v) is 7.92. The van der Waals surface area contributed by atoms with Crippen molar-refractivity contribution in [2.24, 2.45) is 23.2 Å². The summed E-state index contributed by atoms with van der Waals surface area (Å²) >= 11 is 0.